The lowest BCUT2D eigenvalue weighted by atomic mass is 9.84. The van der Waals surface area contributed by atoms with E-state index in [0.717, 1.165) is 25.2 Å². The van der Waals surface area contributed by atoms with Gasteiger partial charge in [0.05, 0.1) is 18.8 Å². The Morgan fingerprint density at radius 2 is 2.06 bits per heavy atom. The second-order valence-electron chi connectivity index (χ2n) is 5.02. The minimum absolute atomic E-state index is 0.103. The Labute approximate surface area is 97.4 Å². The number of aliphatic hydroxyl groups excluding tert-OH is 1. The molecule has 3 nitrogen and oxygen atoms in total. The normalized spacial score (nSPS) is 41.4. The molecule has 2 heterocycles. The van der Waals surface area contributed by atoms with E-state index in [-0.39, 0.29) is 18.1 Å². The summed E-state index contributed by atoms with van der Waals surface area (Å²) in [7, 11) is 0. The molecule has 5 unspecified atom stereocenters. The third kappa shape index (κ3) is 2.11. The average Bonchev–Trinajstić information content (AvgIpc) is 2.54. The lowest BCUT2D eigenvalue weighted by Gasteiger charge is -2.28. The summed E-state index contributed by atoms with van der Waals surface area (Å²) in [5, 5.41) is 10.4. The van der Waals surface area contributed by atoms with Gasteiger partial charge in [-0.15, -0.1) is 0 Å². The van der Waals surface area contributed by atoms with Crippen molar-refractivity contribution in [2.75, 3.05) is 6.61 Å². The zero-order valence-corrected chi connectivity index (χ0v) is 10.3. The molecule has 0 aromatic carbocycles. The smallest absolute Gasteiger partial charge is 0.121 e. The molecule has 0 bridgehead atoms. The summed E-state index contributed by atoms with van der Waals surface area (Å²) in [6.07, 6.45) is 3.91. The van der Waals surface area contributed by atoms with E-state index in [4.69, 9.17) is 9.47 Å². The van der Waals surface area contributed by atoms with Crippen LogP contribution in [0.1, 0.15) is 33.6 Å². The number of hydrogen-bond donors (Lipinski definition) is 1. The Balaban J connectivity index is 2.08. The van der Waals surface area contributed by atoms with Gasteiger partial charge in [0, 0.05) is 5.92 Å². The first-order valence-electron chi connectivity index (χ1n) is 6.27. The standard InChI is InChI=1S/C13H22O3/c1-8-9(2)16-10(3)12(8)13(14)11-6-4-5-7-15-11/h6,8-10,12-14H,4-5,7H2,1-3H3. The van der Waals surface area contributed by atoms with Crippen molar-refractivity contribution in [2.24, 2.45) is 11.8 Å². The van der Waals surface area contributed by atoms with E-state index in [9.17, 15) is 5.11 Å². The first-order chi connectivity index (χ1) is 7.61. The van der Waals surface area contributed by atoms with Gasteiger partial charge in [0.1, 0.15) is 11.9 Å². The Kier molecular flexibility index (Phi) is 3.55. The first kappa shape index (κ1) is 11.9. The van der Waals surface area contributed by atoms with Gasteiger partial charge in [0.25, 0.3) is 0 Å². The summed E-state index contributed by atoms with van der Waals surface area (Å²) in [6, 6.07) is 0. The van der Waals surface area contributed by atoms with Gasteiger partial charge in [-0.05, 0) is 38.7 Å². The number of allylic oxidation sites excluding steroid dienone is 1. The molecule has 0 spiro atoms. The zero-order valence-electron chi connectivity index (χ0n) is 10.3. The average molecular weight is 226 g/mol. The molecule has 2 rings (SSSR count). The quantitative estimate of drug-likeness (QED) is 0.783. The lowest BCUT2D eigenvalue weighted by Crippen LogP contribution is -2.33. The van der Waals surface area contributed by atoms with Crippen molar-refractivity contribution in [1.29, 1.82) is 0 Å². The molecule has 0 saturated carbocycles. The van der Waals surface area contributed by atoms with Crippen LogP contribution in [-0.4, -0.2) is 30.0 Å². The fourth-order valence-corrected chi connectivity index (χ4v) is 2.81. The minimum Gasteiger partial charge on any atom is -0.495 e. The van der Waals surface area contributed by atoms with Crippen molar-refractivity contribution >= 4 is 0 Å². The molecule has 0 amide bonds. The summed E-state index contributed by atoms with van der Waals surface area (Å²) in [4.78, 5) is 0. The molecule has 1 fully saturated rings. The van der Waals surface area contributed by atoms with Crippen molar-refractivity contribution in [3.8, 4) is 0 Å². The van der Waals surface area contributed by atoms with Crippen LogP contribution in [-0.2, 0) is 9.47 Å². The predicted octanol–water partition coefficient (Wildman–Crippen LogP) is 2.10. The van der Waals surface area contributed by atoms with E-state index in [0.29, 0.717) is 5.92 Å². The largest absolute Gasteiger partial charge is 0.495 e. The van der Waals surface area contributed by atoms with Gasteiger partial charge in [-0.3, -0.25) is 0 Å². The molecule has 0 aliphatic carbocycles. The molecule has 1 saturated heterocycles. The highest BCUT2D eigenvalue weighted by Gasteiger charge is 2.43. The Hall–Kier alpha value is -0.540. The molecule has 2 aliphatic heterocycles. The molecule has 0 aromatic heterocycles. The van der Waals surface area contributed by atoms with Gasteiger partial charge in [-0.2, -0.15) is 0 Å². The van der Waals surface area contributed by atoms with Crippen LogP contribution in [0.15, 0.2) is 11.8 Å². The predicted molar refractivity (Wildman–Crippen MR) is 61.9 cm³/mol. The third-order valence-electron chi connectivity index (χ3n) is 3.94. The van der Waals surface area contributed by atoms with E-state index in [1.54, 1.807) is 0 Å². The highest BCUT2D eigenvalue weighted by atomic mass is 16.5. The maximum Gasteiger partial charge on any atom is 0.121 e. The van der Waals surface area contributed by atoms with Crippen LogP contribution in [0.2, 0.25) is 0 Å². The fraction of sp³-hybridized carbons (Fsp3) is 0.846. The number of ether oxygens (including phenoxy) is 2. The van der Waals surface area contributed by atoms with E-state index >= 15 is 0 Å². The summed E-state index contributed by atoms with van der Waals surface area (Å²) in [6.45, 7) is 6.99. The summed E-state index contributed by atoms with van der Waals surface area (Å²) in [5.41, 5.74) is 0. The topological polar surface area (TPSA) is 38.7 Å². The summed E-state index contributed by atoms with van der Waals surface area (Å²) < 4.78 is 11.3. The second-order valence-corrected chi connectivity index (χ2v) is 5.02. The fourth-order valence-electron chi connectivity index (χ4n) is 2.81. The molecular weight excluding hydrogens is 204 g/mol. The third-order valence-corrected chi connectivity index (χ3v) is 3.94. The van der Waals surface area contributed by atoms with Gasteiger partial charge >= 0.3 is 0 Å². The number of rotatable bonds is 2. The minimum atomic E-state index is -0.504. The number of aliphatic hydroxyl groups is 1. The molecular formula is C13H22O3. The van der Waals surface area contributed by atoms with Crippen LogP contribution in [0.25, 0.3) is 0 Å². The zero-order chi connectivity index (χ0) is 11.7. The summed E-state index contributed by atoms with van der Waals surface area (Å²) in [5.74, 6) is 1.28. The lowest BCUT2D eigenvalue weighted by molar-refractivity contribution is 0.00968. The van der Waals surface area contributed by atoms with Crippen molar-refractivity contribution in [2.45, 2.75) is 51.9 Å². The molecule has 0 radical (unpaired) electrons. The van der Waals surface area contributed by atoms with E-state index in [1.165, 1.54) is 0 Å². The highest BCUT2D eigenvalue weighted by molar-refractivity contribution is 5.07. The van der Waals surface area contributed by atoms with Gasteiger partial charge < -0.3 is 14.6 Å². The van der Waals surface area contributed by atoms with E-state index in [2.05, 4.69) is 13.8 Å². The van der Waals surface area contributed by atoms with E-state index in [1.807, 2.05) is 13.0 Å². The second kappa shape index (κ2) is 4.76. The van der Waals surface area contributed by atoms with Crippen LogP contribution in [0.3, 0.4) is 0 Å². The van der Waals surface area contributed by atoms with Crippen molar-refractivity contribution in [3.05, 3.63) is 11.8 Å². The van der Waals surface area contributed by atoms with Crippen LogP contribution < -0.4 is 0 Å². The van der Waals surface area contributed by atoms with Crippen molar-refractivity contribution < 1.29 is 14.6 Å². The SMILES string of the molecule is CC1OC(C)C(C(O)C2=CCCCO2)C1C. The summed E-state index contributed by atoms with van der Waals surface area (Å²) >= 11 is 0. The van der Waals surface area contributed by atoms with Crippen LogP contribution in [0, 0.1) is 11.8 Å². The molecule has 0 aromatic rings. The maximum atomic E-state index is 10.4. The van der Waals surface area contributed by atoms with Crippen molar-refractivity contribution in [3.63, 3.8) is 0 Å². The van der Waals surface area contributed by atoms with Gasteiger partial charge in [-0.1, -0.05) is 6.92 Å². The first-order valence-corrected chi connectivity index (χ1v) is 6.27. The highest BCUT2D eigenvalue weighted by Crippen LogP contribution is 2.37. The molecule has 16 heavy (non-hydrogen) atoms. The molecule has 3 heteroatoms. The maximum absolute atomic E-state index is 10.4. The molecule has 2 aliphatic rings. The number of hydrogen-bond acceptors (Lipinski definition) is 3. The molecule has 92 valence electrons. The van der Waals surface area contributed by atoms with Crippen LogP contribution in [0.4, 0.5) is 0 Å². The molecule has 1 N–H and O–H groups in total. The monoisotopic (exact) mass is 226 g/mol. The Morgan fingerprint density at radius 3 is 2.56 bits per heavy atom. The van der Waals surface area contributed by atoms with Gasteiger partial charge in [0.2, 0.25) is 0 Å². The van der Waals surface area contributed by atoms with Crippen LogP contribution >= 0.6 is 0 Å². The van der Waals surface area contributed by atoms with E-state index < -0.39 is 6.10 Å². The Bertz CT molecular complexity index is 274. The van der Waals surface area contributed by atoms with Gasteiger partial charge in [-0.25, -0.2) is 0 Å². The van der Waals surface area contributed by atoms with Crippen molar-refractivity contribution in [1.82, 2.24) is 0 Å². The molecule has 5 atom stereocenters. The Morgan fingerprint density at radius 1 is 1.31 bits per heavy atom. The van der Waals surface area contributed by atoms with Gasteiger partial charge in [0.15, 0.2) is 0 Å². The van der Waals surface area contributed by atoms with Crippen LogP contribution in [0.5, 0.6) is 0 Å².